The van der Waals surface area contributed by atoms with E-state index in [1.165, 1.54) is 9.36 Å². The predicted molar refractivity (Wildman–Crippen MR) is 100 cm³/mol. The first-order chi connectivity index (χ1) is 13.1. The van der Waals surface area contributed by atoms with Crippen molar-refractivity contribution < 1.29 is 9.47 Å². The number of aryl methyl sites for hydroxylation is 1. The lowest BCUT2D eigenvalue weighted by Crippen LogP contribution is -2.22. The molecule has 0 spiro atoms. The van der Waals surface area contributed by atoms with Crippen molar-refractivity contribution in [3.05, 3.63) is 64.7 Å². The Morgan fingerprint density at radius 2 is 1.37 bits per heavy atom. The fourth-order valence-corrected chi connectivity index (χ4v) is 2.84. The van der Waals surface area contributed by atoms with Gasteiger partial charge in [0.15, 0.2) is 5.52 Å². The Bertz CT molecular complexity index is 1160. The van der Waals surface area contributed by atoms with Gasteiger partial charge in [-0.25, -0.2) is 4.98 Å². The largest absolute Gasteiger partial charge is 0.497 e. The summed E-state index contributed by atoms with van der Waals surface area (Å²) in [6, 6.07) is 14.4. The molecule has 2 heterocycles. The van der Waals surface area contributed by atoms with Crippen molar-refractivity contribution in [2.24, 2.45) is 0 Å². The molecule has 27 heavy (non-hydrogen) atoms. The van der Waals surface area contributed by atoms with E-state index in [0.717, 1.165) is 5.75 Å². The lowest BCUT2D eigenvalue weighted by atomic mass is 10.3. The molecule has 2 aromatic heterocycles. The zero-order chi connectivity index (χ0) is 19.0. The van der Waals surface area contributed by atoms with Crippen LogP contribution in [0.2, 0.25) is 0 Å². The van der Waals surface area contributed by atoms with Crippen LogP contribution in [-0.4, -0.2) is 38.8 Å². The Kier molecular flexibility index (Phi) is 4.08. The average molecular weight is 363 g/mol. The summed E-state index contributed by atoms with van der Waals surface area (Å²) >= 11 is 0. The molecule has 0 amide bonds. The van der Waals surface area contributed by atoms with Gasteiger partial charge in [0.2, 0.25) is 5.65 Å². The molecule has 0 aliphatic rings. The highest BCUT2D eigenvalue weighted by molar-refractivity contribution is 5.68. The highest BCUT2D eigenvalue weighted by Gasteiger charge is 2.15. The van der Waals surface area contributed by atoms with E-state index in [0.29, 0.717) is 28.6 Å². The fraction of sp³-hybridized carbons (Fsp3) is 0.158. The second-order valence-electron chi connectivity index (χ2n) is 5.86. The topological polar surface area (TPSA) is 84.1 Å². The lowest BCUT2D eigenvalue weighted by Gasteiger charge is -2.09. The van der Waals surface area contributed by atoms with Gasteiger partial charge in [0.1, 0.15) is 17.3 Å². The van der Waals surface area contributed by atoms with E-state index in [1.807, 2.05) is 12.1 Å². The summed E-state index contributed by atoms with van der Waals surface area (Å²) in [4.78, 5) is 18.9. The van der Waals surface area contributed by atoms with E-state index in [1.54, 1.807) is 57.5 Å². The van der Waals surface area contributed by atoms with E-state index in [4.69, 9.17) is 9.47 Å². The minimum absolute atomic E-state index is 0.201. The van der Waals surface area contributed by atoms with Crippen LogP contribution in [0.1, 0.15) is 5.82 Å². The van der Waals surface area contributed by atoms with Gasteiger partial charge in [-0.15, -0.1) is 15.0 Å². The number of hydrogen-bond donors (Lipinski definition) is 0. The molecule has 0 bridgehead atoms. The molecule has 8 nitrogen and oxygen atoms in total. The third-order valence-corrected chi connectivity index (χ3v) is 4.23. The molecule has 8 heteroatoms. The summed E-state index contributed by atoms with van der Waals surface area (Å²) in [5.41, 5.74) is 1.63. The summed E-state index contributed by atoms with van der Waals surface area (Å²) in [5, 5.41) is 8.69. The minimum atomic E-state index is -0.276. The van der Waals surface area contributed by atoms with Crippen molar-refractivity contribution >= 4 is 11.2 Å². The maximum absolute atomic E-state index is 13.0. The van der Waals surface area contributed by atoms with Gasteiger partial charge in [-0.2, -0.15) is 0 Å². The van der Waals surface area contributed by atoms with Crippen LogP contribution in [0.3, 0.4) is 0 Å². The molecular formula is C19H17N5O3. The van der Waals surface area contributed by atoms with Crippen LogP contribution in [0, 0.1) is 6.92 Å². The molecule has 0 radical (unpaired) electrons. The molecule has 0 fully saturated rings. The molecule has 0 aliphatic carbocycles. The molecular weight excluding hydrogens is 346 g/mol. The molecule has 0 aliphatic heterocycles. The molecule has 4 aromatic rings. The summed E-state index contributed by atoms with van der Waals surface area (Å²) in [6.07, 6.45) is 0. The monoisotopic (exact) mass is 363 g/mol. The van der Waals surface area contributed by atoms with E-state index in [2.05, 4.69) is 15.2 Å². The molecule has 0 saturated heterocycles. The number of ether oxygens (including phenoxy) is 2. The highest BCUT2D eigenvalue weighted by Crippen LogP contribution is 2.17. The Morgan fingerprint density at radius 1 is 0.815 bits per heavy atom. The summed E-state index contributed by atoms with van der Waals surface area (Å²) in [5.74, 6) is 1.97. The Morgan fingerprint density at radius 3 is 1.93 bits per heavy atom. The van der Waals surface area contributed by atoms with E-state index >= 15 is 0 Å². The quantitative estimate of drug-likeness (QED) is 0.553. The van der Waals surface area contributed by atoms with Crippen LogP contribution in [0.5, 0.6) is 11.5 Å². The number of rotatable bonds is 4. The second-order valence-corrected chi connectivity index (χ2v) is 5.86. The van der Waals surface area contributed by atoms with Gasteiger partial charge in [0.25, 0.3) is 5.56 Å². The average Bonchev–Trinajstić information content (AvgIpc) is 3.13. The molecule has 136 valence electrons. The molecule has 2 aromatic carbocycles. The van der Waals surface area contributed by atoms with E-state index in [9.17, 15) is 4.79 Å². The molecule has 0 unspecified atom stereocenters. The molecule has 0 saturated carbocycles. The van der Waals surface area contributed by atoms with Crippen LogP contribution in [0.25, 0.3) is 22.5 Å². The number of fused-ring (bicyclic) bond motifs is 1. The first kappa shape index (κ1) is 16.8. The highest BCUT2D eigenvalue weighted by atomic mass is 16.5. The van der Waals surface area contributed by atoms with E-state index in [-0.39, 0.29) is 11.1 Å². The maximum atomic E-state index is 13.0. The van der Waals surface area contributed by atoms with Crippen molar-refractivity contribution in [1.29, 1.82) is 0 Å². The minimum Gasteiger partial charge on any atom is -0.497 e. The molecule has 0 N–H and O–H groups in total. The Hall–Kier alpha value is -3.68. The first-order valence-electron chi connectivity index (χ1n) is 8.26. The lowest BCUT2D eigenvalue weighted by molar-refractivity contribution is 0.414. The molecule has 4 rings (SSSR count). The maximum Gasteiger partial charge on any atom is 0.288 e. The van der Waals surface area contributed by atoms with Gasteiger partial charge in [0.05, 0.1) is 25.6 Å². The number of methoxy groups -OCH3 is 2. The Labute approximate surface area is 154 Å². The summed E-state index contributed by atoms with van der Waals surface area (Å²) < 4.78 is 11.8. The van der Waals surface area contributed by atoms with Crippen LogP contribution in [-0.2, 0) is 0 Å². The number of nitrogens with zero attached hydrogens (tertiary/aromatic N) is 5. The predicted octanol–water partition coefficient (Wildman–Crippen LogP) is 2.29. The van der Waals surface area contributed by atoms with Gasteiger partial charge < -0.3 is 9.47 Å². The fourth-order valence-electron chi connectivity index (χ4n) is 2.84. The molecule has 0 atom stereocenters. The van der Waals surface area contributed by atoms with Crippen molar-refractivity contribution in [2.75, 3.05) is 14.2 Å². The number of aromatic nitrogens is 5. The third-order valence-electron chi connectivity index (χ3n) is 4.23. The van der Waals surface area contributed by atoms with Crippen LogP contribution < -0.4 is 15.0 Å². The zero-order valence-corrected chi connectivity index (χ0v) is 15.1. The summed E-state index contributed by atoms with van der Waals surface area (Å²) in [6.45, 7) is 1.76. The van der Waals surface area contributed by atoms with Crippen LogP contribution in [0.15, 0.2) is 53.3 Å². The van der Waals surface area contributed by atoms with Crippen molar-refractivity contribution in [1.82, 2.24) is 24.5 Å². The van der Waals surface area contributed by atoms with Gasteiger partial charge >= 0.3 is 0 Å². The second kappa shape index (κ2) is 6.56. The van der Waals surface area contributed by atoms with Crippen molar-refractivity contribution in [3.63, 3.8) is 0 Å². The number of hydrogen-bond acceptors (Lipinski definition) is 6. The Balaban J connectivity index is 1.84. The number of benzene rings is 2. The van der Waals surface area contributed by atoms with Crippen molar-refractivity contribution in [3.8, 4) is 22.9 Å². The van der Waals surface area contributed by atoms with Gasteiger partial charge in [-0.05, 0) is 55.5 Å². The SMILES string of the molecule is COc1ccc(-n2nc3nc(C)n(-c4ccc(OC)cc4)c(=O)c3n2)cc1. The standard InChI is InChI=1S/C19H17N5O3/c1-12-20-18-17(19(25)23(12)13-4-8-15(26-2)9-5-13)21-24(22-18)14-6-10-16(27-3)11-7-14/h4-11H,1-3H3. The van der Waals surface area contributed by atoms with Crippen LogP contribution >= 0.6 is 0 Å². The normalized spacial score (nSPS) is 10.9. The van der Waals surface area contributed by atoms with E-state index < -0.39 is 0 Å². The van der Waals surface area contributed by atoms with Gasteiger partial charge in [-0.3, -0.25) is 9.36 Å². The third kappa shape index (κ3) is 2.91. The summed E-state index contributed by atoms with van der Waals surface area (Å²) in [7, 11) is 3.20. The van der Waals surface area contributed by atoms with Crippen molar-refractivity contribution in [2.45, 2.75) is 6.92 Å². The first-order valence-corrected chi connectivity index (χ1v) is 8.26. The zero-order valence-electron chi connectivity index (χ0n) is 15.1. The smallest absolute Gasteiger partial charge is 0.288 e. The van der Waals surface area contributed by atoms with Gasteiger partial charge in [0, 0.05) is 0 Å². The van der Waals surface area contributed by atoms with Gasteiger partial charge in [-0.1, -0.05) is 0 Å². The van der Waals surface area contributed by atoms with Crippen LogP contribution in [0.4, 0.5) is 0 Å².